The predicted octanol–water partition coefficient (Wildman–Crippen LogP) is 2.47. The molecule has 0 saturated carbocycles. The van der Waals surface area contributed by atoms with Gasteiger partial charge in [-0.05, 0) is 19.1 Å². The number of halogens is 1. The Morgan fingerprint density at radius 2 is 2.05 bits per heavy atom. The van der Waals surface area contributed by atoms with E-state index in [1.165, 1.54) is 0 Å². The first-order valence-corrected chi connectivity index (χ1v) is 6.56. The van der Waals surface area contributed by atoms with Crippen LogP contribution in [0.1, 0.15) is 11.3 Å². The first-order valence-electron chi connectivity index (χ1n) is 6.18. The molecule has 0 bridgehead atoms. The largest absolute Gasteiger partial charge is 0.480 e. The number of rotatable bonds is 5. The van der Waals surface area contributed by atoms with Crippen LogP contribution in [0.4, 0.5) is 5.69 Å². The molecule has 106 valence electrons. The predicted molar refractivity (Wildman–Crippen MR) is 78.1 cm³/mol. The fraction of sp³-hybridized carbons (Fsp3) is 0.286. The van der Waals surface area contributed by atoms with Crippen LogP contribution in [0.5, 0.6) is 0 Å². The van der Waals surface area contributed by atoms with Crippen molar-refractivity contribution in [2.45, 2.75) is 13.5 Å². The summed E-state index contributed by atoms with van der Waals surface area (Å²) in [6, 6.07) is 9.40. The second-order valence-corrected chi connectivity index (χ2v) is 4.92. The summed E-state index contributed by atoms with van der Waals surface area (Å²) in [7, 11) is 1.77. The summed E-state index contributed by atoms with van der Waals surface area (Å²) in [6.07, 6.45) is 0. The number of nitrogens with zero attached hydrogens (tertiary/aromatic N) is 3. The molecule has 0 spiro atoms. The molecule has 0 unspecified atom stereocenters. The lowest BCUT2D eigenvalue weighted by molar-refractivity contribution is -0.135. The van der Waals surface area contributed by atoms with Gasteiger partial charge in [0, 0.05) is 24.8 Å². The zero-order valence-corrected chi connectivity index (χ0v) is 12.1. The van der Waals surface area contributed by atoms with Crippen molar-refractivity contribution in [2.24, 2.45) is 7.05 Å². The van der Waals surface area contributed by atoms with E-state index < -0.39 is 5.97 Å². The molecular weight excluding hydrogens is 278 g/mol. The molecule has 0 atom stereocenters. The number of aromatic nitrogens is 2. The SMILES string of the molecule is Cc1nn(C)c(Cl)c1CN(CC(=O)O)c1ccccc1. The smallest absolute Gasteiger partial charge is 0.323 e. The van der Waals surface area contributed by atoms with Crippen LogP contribution in [0.3, 0.4) is 0 Å². The normalized spacial score (nSPS) is 10.6. The van der Waals surface area contributed by atoms with E-state index in [0.29, 0.717) is 11.7 Å². The van der Waals surface area contributed by atoms with Gasteiger partial charge >= 0.3 is 5.97 Å². The third-order valence-electron chi connectivity index (χ3n) is 3.07. The molecule has 2 aromatic rings. The monoisotopic (exact) mass is 293 g/mol. The van der Waals surface area contributed by atoms with Crippen molar-refractivity contribution < 1.29 is 9.90 Å². The van der Waals surface area contributed by atoms with Crippen LogP contribution >= 0.6 is 11.6 Å². The molecule has 0 aliphatic rings. The van der Waals surface area contributed by atoms with Gasteiger partial charge in [-0.15, -0.1) is 0 Å². The Labute approximate surface area is 122 Å². The number of anilines is 1. The highest BCUT2D eigenvalue weighted by Crippen LogP contribution is 2.23. The van der Waals surface area contributed by atoms with E-state index in [4.69, 9.17) is 16.7 Å². The number of aryl methyl sites for hydroxylation is 2. The number of carboxylic acids is 1. The van der Waals surface area contributed by atoms with Crippen LogP contribution in [-0.4, -0.2) is 27.4 Å². The van der Waals surface area contributed by atoms with Crippen molar-refractivity contribution in [1.29, 1.82) is 0 Å². The Hall–Kier alpha value is -2.01. The summed E-state index contributed by atoms with van der Waals surface area (Å²) in [5.41, 5.74) is 2.50. The minimum atomic E-state index is -0.883. The molecule has 20 heavy (non-hydrogen) atoms. The van der Waals surface area contributed by atoms with Crippen molar-refractivity contribution in [3.8, 4) is 0 Å². The first-order chi connectivity index (χ1) is 9.49. The van der Waals surface area contributed by atoms with Crippen molar-refractivity contribution in [3.63, 3.8) is 0 Å². The summed E-state index contributed by atoms with van der Waals surface area (Å²) in [5.74, 6) is -0.883. The quantitative estimate of drug-likeness (QED) is 0.920. The standard InChI is InChI=1S/C14H16ClN3O2/c1-10-12(14(15)17(2)16-10)8-18(9-13(19)20)11-6-4-3-5-7-11/h3-7H,8-9H2,1-2H3,(H,19,20). The molecule has 1 heterocycles. The number of aliphatic carboxylic acids is 1. The molecule has 1 N–H and O–H groups in total. The summed E-state index contributed by atoms with van der Waals surface area (Å²) in [5, 5.41) is 13.9. The molecule has 0 fully saturated rings. The molecule has 1 aromatic heterocycles. The van der Waals surface area contributed by atoms with Gasteiger partial charge in [-0.3, -0.25) is 9.48 Å². The number of hydrogen-bond donors (Lipinski definition) is 1. The van der Waals surface area contributed by atoms with Crippen LogP contribution in [0, 0.1) is 6.92 Å². The summed E-state index contributed by atoms with van der Waals surface area (Å²) in [4.78, 5) is 12.8. The lowest BCUT2D eigenvalue weighted by Gasteiger charge is -2.22. The average molecular weight is 294 g/mol. The summed E-state index contributed by atoms with van der Waals surface area (Å²) < 4.78 is 1.59. The van der Waals surface area contributed by atoms with Gasteiger partial charge in [-0.2, -0.15) is 5.10 Å². The summed E-state index contributed by atoms with van der Waals surface area (Å²) in [6.45, 7) is 2.19. The molecular formula is C14H16ClN3O2. The second-order valence-electron chi connectivity index (χ2n) is 4.56. The van der Waals surface area contributed by atoms with Gasteiger partial charge in [-0.1, -0.05) is 29.8 Å². The highest BCUT2D eigenvalue weighted by atomic mass is 35.5. The van der Waals surface area contributed by atoms with E-state index in [-0.39, 0.29) is 6.54 Å². The van der Waals surface area contributed by atoms with E-state index in [2.05, 4.69) is 5.10 Å². The van der Waals surface area contributed by atoms with Gasteiger partial charge < -0.3 is 10.0 Å². The Morgan fingerprint density at radius 1 is 1.40 bits per heavy atom. The van der Waals surface area contributed by atoms with Gasteiger partial charge in [0.2, 0.25) is 0 Å². The number of carboxylic acid groups (broad SMARTS) is 1. The topological polar surface area (TPSA) is 58.4 Å². The van der Waals surface area contributed by atoms with Crippen LogP contribution in [0.15, 0.2) is 30.3 Å². The maximum atomic E-state index is 11.1. The molecule has 0 amide bonds. The second kappa shape index (κ2) is 5.96. The Kier molecular flexibility index (Phi) is 4.29. The molecule has 2 rings (SSSR count). The van der Waals surface area contributed by atoms with Crippen LogP contribution in [-0.2, 0) is 18.4 Å². The summed E-state index contributed by atoms with van der Waals surface area (Å²) >= 11 is 6.21. The fourth-order valence-corrected chi connectivity index (χ4v) is 2.32. The molecule has 0 saturated heterocycles. The van der Waals surface area contributed by atoms with Crippen LogP contribution in [0.2, 0.25) is 5.15 Å². The van der Waals surface area contributed by atoms with Crippen LogP contribution in [0.25, 0.3) is 0 Å². The fourth-order valence-electron chi connectivity index (χ4n) is 2.08. The van der Waals surface area contributed by atoms with E-state index in [1.807, 2.05) is 37.3 Å². The van der Waals surface area contributed by atoms with E-state index in [1.54, 1.807) is 16.6 Å². The third kappa shape index (κ3) is 3.11. The van der Waals surface area contributed by atoms with Gasteiger partial charge in [0.05, 0.1) is 5.69 Å². The Morgan fingerprint density at radius 3 is 2.55 bits per heavy atom. The van der Waals surface area contributed by atoms with Crippen molar-refractivity contribution in [2.75, 3.05) is 11.4 Å². The molecule has 1 aromatic carbocycles. The minimum Gasteiger partial charge on any atom is -0.480 e. The number of hydrogen-bond acceptors (Lipinski definition) is 3. The molecule has 0 radical (unpaired) electrons. The molecule has 6 heteroatoms. The highest BCUT2D eigenvalue weighted by Gasteiger charge is 2.17. The Balaban J connectivity index is 2.31. The van der Waals surface area contributed by atoms with E-state index >= 15 is 0 Å². The molecule has 0 aliphatic heterocycles. The molecule has 5 nitrogen and oxygen atoms in total. The lowest BCUT2D eigenvalue weighted by atomic mass is 10.2. The van der Waals surface area contributed by atoms with Crippen molar-refractivity contribution in [3.05, 3.63) is 46.7 Å². The zero-order chi connectivity index (χ0) is 14.7. The van der Waals surface area contributed by atoms with Crippen LogP contribution < -0.4 is 4.90 Å². The minimum absolute atomic E-state index is 0.0886. The van der Waals surface area contributed by atoms with E-state index in [9.17, 15) is 4.79 Å². The number of carbonyl (C=O) groups is 1. The van der Waals surface area contributed by atoms with Crippen molar-refractivity contribution in [1.82, 2.24) is 9.78 Å². The maximum Gasteiger partial charge on any atom is 0.323 e. The lowest BCUT2D eigenvalue weighted by Crippen LogP contribution is -2.29. The first kappa shape index (κ1) is 14.4. The van der Waals surface area contributed by atoms with Crippen molar-refractivity contribution >= 4 is 23.3 Å². The van der Waals surface area contributed by atoms with Gasteiger partial charge in [0.1, 0.15) is 11.7 Å². The highest BCUT2D eigenvalue weighted by molar-refractivity contribution is 6.30. The average Bonchev–Trinajstić information content (AvgIpc) is 2.65. The van der Waals surface area contributed by atoms with E-state index in [0.717, 1.165) is 16.9 Å². The third-order valence-corrected chi connectivity index (χ3v) is 3.54. The van der Waals surface area contributed by atoms with Gasteiger partial charge in [0.15, 0.2) is 0 Å². The Bertz CT molecular complexity index is 610. The number of benzene rings is 1. The van der Waals surface area contributed by atoms with Gasteiger partial charge in [-0.25, -0.2) is 0 Å². The maximum absolute atomic E-state index is 11.1. The van der Waals surface area contributed by atoms with Gasteiger partial charge in [0.25, 0.3) is 0 Å². The molecule has 0 aliphatic carbocycles. The number of para-hydroxylation sites is 1. The zero-order valence-electron chi connectivity index (χ0n) is 11.4.